The van der Waals surface area contributed by atoms with Crippen LogP contribution in [0.5, 0.6) is 0 Å². The molecule has 9 heteroatoms. The van der Waals surface area contributed by atoms with Crippen LogP contribution in [0.4, 0.5) is 15.9 Å². The third-order valence-corrected chi connectivity index (χ3v) is 5.42. The number of nitrogens with zero attached hydrogens (tertiary/aromatic N) is 4. The van der Waals surface area contributed by atoms with Crippen LogP contribution in [0.25, 0.3) is 17.2 Å². The van der Waals surface area contributed by atoms with E-state index in [0.717, 1.165) is 25.7 Å². The predicted octanol–water partition coefficient (Wildman–Crippen LogP) is 2.61. The van der Waals surface area contributed by atoms with Crippen LogP contribution in [-0.4, -0.2) is 44.4 Å². The van der Waals surface area contributed by atoms with Crippen LogP contribution in [-0.2, 0) is 9.47 Å². The lowest BCUT2D eigenvalue weighted by Gasteiger charge is -2.35. The zero-order valence-corrected chi connectivity index (χ0v) is 15.3. The fourth-order valence-electron chi connectivity index (χ4n) is 3.93. The van der Waals surface area contributed by atoms with Crippen molar-refractivity contribution >= 4 is 17.2 Å². The molecular formula is C19H21FN6O2. The maximum atomic E-state index is 13.6. The lowest BCUT2D eigenvalue weighted by molar-refractivity contribution is -0.177. The average Bonchev–Trinajstić information content (AvgIpc) is 3.33. The van der Waals surface area contributed by atoms with Crippen LogP contribution in [0.2, 0.25) is 0 Å². The molecule has 146 valence electrons. The molecule has 3 N–H and O–H groups in total. The molecule has 1 spiro atoms. The highest BCUT2D eigenvalue weighted by molar-refractivity contribution is 5.65. The standard InChI is InChI=1S/C19H21FN6O2/c20-12-1-2-16-22-10-15(26(16)11-12)18-23-9-14(21)17(25-18)24-13-3-5-19(6-4-13)27-7-8-28-19/h1-2,9-11,13H,3-8,21H2,(H,23,24,25). The van der Waals surface area contributed by atoms with Crippen molar-refractivity contribution < 1.29 is 13.9 Å². The molecule has 3 aromatic heterocycles. The van der Waals surface area contributed by atoms with Gasteiger partial charge in [-0.05, 0) is 25.0 Å². The van der Waals surface area contributed by atoms with Crippen molar-refractivity contribution in [3.63, 3.8) is 0 Å². The lowest BCUT2D eigenvalue weighted by atomic mass is 9.90. The number of ether oxygens (including phenoxy) is 2. The van der Waals surface area contributed by atoms with Crippen molar-refractivity contribution in [3.05, 3.63) is 36.5 Å². The van der Waals surface area contributed by atoms with Gasteiger partial charge in [-0.3, -0.25) is 4.40 Å². The van der Waals surface area contributed by atoms with Gasteiger partial charge in [0.25, 0.3) is 0 Å². The van der Waals surface area contributed by atoms with Crippen LogP contribution in [0.3, 0.4) is 0 Å². The first kappa shape index (κ1) is 17.3. The van der Waals surface area contributed by atoms with E-state index in [1.807, 2.05) is 0 Å². The van der Waals surface area contributed by atoms with E-state index in [2.05, 4.69) is 20.3 Å². The smallest absolute Gasteiger partial charge is 0.180 e. The number of pyridine rings is 1. The summed E-state index contributed by atoms with van der Waals surface area (Å²) in [7, 11) is 0. The molecule has 1 aliphatic heterocycles. The van der Waals surface area contributed by atoms with Crippen molar-refractivity contribution in [2.75, 3.05) is 24.3 Å². The molecule has 4 heterocycles. The Morgan fingerprint density at radius 2 is 1.93 bits per heavy atom. The fraction of sp³-hybridized carbons (Fsp3) is 0.421. The van der Waals surface area contributed by atoms with E-state index < -0.39 is 5.79 Å². The number of hydrogen-bond donors (Lipinski definition) is 2. The van der Waals surface area contributed by atoms with Crippen molar-refractivity contribution in [2.45, 2.75) is 37.5 Å². The highest BCUT2D eigenvalue weighted by atomic mass is 19.1. The number of anilines is 2. The van der Waals surface area contributed by atoms with Gasteiger partial charge in [0.2, 0.25) is 0 Å². The van der Waals surface area contributed by atoms with Gasteiger partial charge in [-0.1, -0.05) is 0 Å². The first-order valence-corrected chi connectivity index (χ1v) is 9.42. The molecule has 0 bridgehead atoms. The van der Waals surface area contributed by atoms with Crippen molar-refractivity contribution in [2.24, 2.45) is 0 Å². The number of nitrogen functional groups attached to an aromatic ring is 1. The van der Waals surface area contributed by atoms with Gasteiger partial charge in [0.15, 0.2) is 17.4 Å². The summed E-state index contributed by atoms with van der Waals surface area (Å²) in [6, 6.07) is 3.21. The molecule has 0 atom stereocenters. The summed E-state index contributed by atoms with van der Waals surface area (Å²) in [4.78, 5) is 13.2. The number of rotatable bonds is 3. The van der Waals surface area contributed by atoms with Gasteiger partial charge < -0.3 is 20.5 Å². The van der Waals surface area contributed by atoms with Gasteiger partial charge in [-0.25, -0.2) is 19.3 Å². The number of nitrogens with two attached hydrogens (primary N) is 1. The van der Waals surface area contributed by atoms with Crippen LogP contribution >= 0.6 is 0 Å². The van der Waals surface area contributed by atoms with Gasteiger partial charge in [-0.15, -0.1) is 0 Å². The quantitative estimate of drug-likeness (QED) is 0.716. The van der Waals surface area contributed by atoms with Crippen molar-refractivity contribution in [1.82, 2.24) is 19.4 Å². The van der Waals surface area contributed by atoms with E-state index in [0.29, 0.717) is 41.9 Å². The van der Waals surface area contributed by atoms with E-state index in [4.69, 9.17) is 15.2 Å². The molecule has 0 unspecified atom stereocenters. The maximum Gasteiger partial charge on any atom is 0.180 e. The second-order valence-electron chi connectivity index (χ2n) is 7.24. The second-order valence-corrected chi connectivity index (χ2v) is 7.24. The third-order valence-electron chi connectivity index (χ3n) is 5.42. The Labute approximate surface area is 160 Å². The second kappa shape index (κ2) is 6.68. The largest absolute Gasteiger partial charge is 0.394 e. The van der Waals surface area contributed by atoms with Crippen molar-refractivity contribution in [3.8, 4) is 11.5 Å². The number of halogens is 1. The monoisotopic (exact) mass is 384 g/mol. The van der Waals surface area contributed by atoms with Gasteiger partial charge in [-0.2, -0.15) is 0 Å². The van der Waals surface area contributed by atoms with E-state index >= 15 is 0 Å². The summed E-state index contributed by atoms with van der Waals surface area (Å²) in [5.74, 6) is 0.254. The maximum absolute atomic E-state index is 13.6. The molecule has 0 radical (unpaired) electrons. The molecular weight excluding hydrogens is 363 g/mol. The van der Waals surface area contributed by atoms with E-state index in [9.17, 15) is 4.39 Å². The minimum atomic E-state index is -0.402. The Bertz CT molecular complexity index is 1010. The summed E-state index contributed by atoms with van der Waals surface area (Å²) in [6.07, 6.45) is 8.05. The fourth-order valence-corrected chi connectivity index (χ4v) is 3.93. The SMILES string of the molecule is Nc1cnc(-c2cnc3ccc(F)cn23)nc1NC1CCC2(CC1)OCCO2. The first-order valence-electron chi connectivity index (χ1n) is 9.42. The number of hydrogen-bond acceptors (Lipinski definition) is 7. The highest BCUT2D eigenvalue weighted by Gasteiger charge is 2.40. The normalized spacial score (nSPS) is 19.5. The minimum absolute atomic E-state index is 0.225. The molecule has 0 amide bonds. The topological polar surface area (TPSA) is 99.6 Å². The summed E-state index contributed by atoms with van der Waals surface area (Å²) >= 11 is 0. The number of aromatic nitrogens is 4. The number of nitrogens with one attached hydrogen (secondary N) is 1. The van der Waals surface area contributed by atoms with Crippen LogP contribution in [0.1, 0.15) is 25.7 Å². The predicted molar refractivity (Wildman–Crippen MR) is 101 cm³/mol. The molecule has 2 aliphatic rings. The van der Waals surface area contributed by atoms with E-state index in [-0.39, 0.29) is 11.9 Å². The summed E-state index contributed by atoms with van der Waals surface area (Å²) in [6.45, 7) is 1.33. The zero-order chi connectivity index (χ0) is 19.1. The molecule has 1 saturated heterocycles. The Kier molecular flexibility index (Phi) is 4.13. The molecule has 1 saturated carbocycles. The average molecular weight is 384 g/mol. The molecule has 8 nitrogen and oxygen atoms in total. The molecule has 2 fully saturated rings. The minimum Gasteiger partial charge on any atom is -0.394 e. The van der Waals surface area contributed by atoms with E-state index in [1.165, 1.54) is 12.3 Å². The summed E-state index contributed by atoms with van der Waals surface area (Å²) in [5.41, 5.74) is 7.79. The molecule has 5 rings (SSSR count). The Morgan fingerprint density at radius 3 is 2.71 bits per heavy atom. The molecule has 1 aliphatic carbocycles. The first-order chi connectivity index (χ1) is 13.6. The van der Waals surface area contributed by atoms with Gasteiger partial charge >= 0.3 is 0 Å². The van der Waals surface area contributed by atoms with Crippen LogP contribution in [0, 0.1) is 5.82 Å². The molecule has 0 aromatic carbocycles. The lowest BCUT2D eigenvalue weighted by Crippen LogP contribution is -2.39. The third kappa shape index (κ3) is 3.06. The Morgan fingerprint density at radius 1 is 1.14 bits per heavy atom. The van der Waals surface area contributed by atoms with Gasteiger partial charge in [0, 0.05) is 25.1 Å². The number of fused-ring (bicyclic) bond motifs is 1. The molecule has 28 heavy (non-hydrogen) atoms. The van der Waals surface area contributed by atoms with Gasteiger partial charge in [0.1, 0.15) is 17.2 Å². The van der Waals surface area contributed by atoms with Crippen molar-refractivity contribution in [1.29, 1.82) is 0 Å². The van der Waals surface area contributed by atoms with E-state index in [1.54, 1.807) is 22.9 Å². The Balaban J connectivity index is 1.38. The zero-order valence-electron chi connectivity index (χ0n) is 15.3. The Hall–Kier alpha value is -2.78. The highest BCUT2D eigenvalue weighted by Crippen LogP contribution is 2.37. The number of imidazole rings is 1. The van der Waals surface area contributed by atoms with Crippen LogP contribution in [0.15, 0.2) is 30.7 Å². The summed E-state index contributed by atoms with van der Waals surface area (Å²) in [5, 5.41) is 3.43. The molecule has 3 aromatic rings. The van der Waals surface area contributed by atoms with Gasteiger partial charge in [0.05, 0.1) is 31.3 Å². The van der Waals surface area contributed by atoms with Crippen LogP contribution < -0.4 is 11.1 Å². The summed E-state index contributed by atoms with van der Waals surface area (Å²) < 4.78 is 26.8.